The lowest BCUT2D eigenvalue weighted by Gasteiger charge is -2.21. The molecule has 0 aliphatic rings. The molecule has 2 aromatic rings. The summed E-state index contributed by atoms with van der Waals surface area (Å²) in [6, 6.07) is 12.1. The SMILES string of the molecule is CO[C@H](Oc1ccc(C(=O)c2cccc(C(N)=O)c2)cc1)[C@@H](F)OCCO. The van der Waals surface area contributed by atoms with E-state index in [1.165, 1.54) is 43.5 Å². The summed E-state index contributed by atoms with van der Waals surface area (Å²) >= 11 is 0. The van der Waals surface area contributed by atoms with Crippen LogP contribution in [0.1, 0.15) is 26.3 Å². The molecule has 8 heteroatoms. The van der Waals surface area contributed by atoms with Crippen molar-refractivity contribution in [2.24, 2.45) is 5.73 Å². The molecule has 0 aliphatic heterocycles. The summed E-state index contributed by atoms with van der Waals surface area (Å²) in [6.07, 6.45) is -3.22. The van der Waals surface area contributed by atoms with Gasteiger partial charge in [-0.25, -0.2) is 4.39 Å². The minimum Gasteiger partial charge on any atom is -0.459 e. The number of amides is 1. The van der Waals surface area contributed by atoms with E-state index in [2.05, 4.69) is 0 Å². The molecule has 0 unspecified atom stereocenters. The number of halogens is 1. The van der Waals surface area contributed by atoms with Crippen LogP contribution in [-0.4, -0.2) is 49.8 Å². The van der Waals surface area contributed by atoms with Crippen LogP contribution >= 0.6 is 0 Å². The Bertz CT molecular complexity index is 780. The van der Waals surface area contributed by atoms with Gasteiger partial charge in [-0.3, -0.25) is 9.59 Å². The fourth-order valence-electron chi connectivity index (χ4n) is 2.25. The molecule has 27 heavy (non-hydrogen) atoms. The van der Waals surface area contributed by atoms with E-state index in [1.54, 1.807) is 12.1 Å². The minimum absolute atomic E-state index is 0.192. The van der Waals surface area contributed by atoms with E-state index in [4.69, 9.17) is 25.1 Å². The van der Waals surface area contributed by atoms with Crippen LogP contribution in [0, 0.1) is 0 Å². The van der Waals surface area contributed by atoms with E-state index in [0.717, 1.165) is 0 Å². The average molecular weight is 377 g/mol. The van der Waals surface area contributed by atoms with E-state index in [9.17, 15) is 14.0 Å². The predicted molar refractivity (Wildman–Crippen MR) is 94.2 cm³/mol. The van der Waals surface area contributed by atoms with Crippen LogP contribution in [0.2, 0.25) is 0 Å². The van der Waals surface area contributed by atoms with Gasteiger partial charge in [0.2, 0.25) is 5.91 Å². The maximum atomic E-state index is 13.8. The first-order valence-electron chi connectivity index (χ1n) is 8.07. The van der Waals surface area contributed by atoms with Gasteiger partial charge < -0.3 is 25.1 Å². The number of methoxy groups -OCH3 is 1. The van der Waals surface area contributed by atoms with Gasteiger partial charge in [0, 0.05) is 23.8 Å². The monoisotopic (exact) mass is 377 g/mol. The largest absolute Gasteiger partial charge is 0.459 e. The Kier molecular flexibility index (Phi) is 7.42. The van der Waals surface area contributed by atoms with Crippen LogP contribution in [0.3, 0.4) is 0 Å². The van der Waals surface area contributed by atoms with Crippen molar-refractivity contribution in [3.05, 3.63) is 65.2 Å². The Morgan fingerprint density at radius 2 is 1.78 bits per heavy atom. The number of ketones is 1. The molecule has 0 bridgehead atoms. The normalized spacial score (nSPS) is 13.0. The average Bonchev–Trinajstić information content (AvgIpc) is 2.70. The molecule has 2 atom stereocenters. The molecule has 0 aromatic heterocycles. The Morgan fingerprint density at radius 3 is 2.37 bits per heavy atom. The van der Waals surface area contributed by atoms with Crippen LogP contribution in [0.25, 0.3) is 0 Å². The lowest BCUT2D eigenvalue weighted by molar-refractivity contribution is -0.200. The summed E-state index contributed by atoms with van der Waals surface area (Å²) < 4.78 is 28.7. The molecule has 0 radical (unpaired) electrons. The van der Waals surface area contributed by atoms with Gasteiger partial charge in [-0.1, -0.05) is 12.1 Å². The van der Waals surface area contributed by atoms with Crippen LogP contribution in [0.4, 0.5) is 4.39 Å². The number of hydrogen-bond acceptors (Lipinski definition) is 6. The van der Waals surface area contributed by atoms with Gasteiger partial charge in [-0.15, -0.1) is 0 Å². The van der Waals surface area contributed by atoms with Crippen molar-refractivity contribution in [2.45, 2.75) is 12.6 Å². The number of aliphatic hydroxyl groups is 1. The van der Waals surface area contributed by atoms with Crippen LogP contribution < -0.4 is 10.5 Å². The van der Waals surface area contributed by atoms with Crippen LogP contribution in [0.5, 0.6) is 5.75 Å². The molecule has 0 saturated heterocycles. The highest BCUT2D eigenvalue weighted by atomic mass is 19.1. The van der Waals surface area contributed by atoms with Gasteiger partial charge in [0.15, 0.2) is 5.78 Å². The quantitative estimate of drug-likeness (QED) is 0.482. The van der Waals surface area contributed by atoms with Crippen molar-refractivity contribution in [3.63, 3.8) is 0 Å². The molecule has 0 spiro atoms. The standard InChI is InChI=1S/C19H20FNO6/c1-25-19(17(20)26-10-9-22)27-15-7-5-12(6-8-15)16(23)13-3-2-4-14(11-13)18(21)24/h2-8,11,17,19,22H,9-10H2,1H3,(H2,21,24)/t17-,19+/m0/s1. The molecule has 2 rings (SSSR count). The van der Waals surface area contributed by atoms with E-state index in [0.29, 0.717) is 11.1 Å². The van der Waals surface area contributed by atoms with E-state index in [1.807, 2.05) is 0 Å². The number of ether oxygens (including phenoxy) is 3. The second kappa shape index (κ2) is 9.77. The number of benzene rings is 2. The first-order valence-corrected chi connectivity index (χ1v) is 8.07. The molecule has 3 N–H and O–H groups in total. The van der Waals surface area contributed by atoms with Crippen molar-refractivity contribution >= 4 is 11.7 Å². The number of nitrogens with two attached hydrogens (primary N) is 1. The molecule has 0 saturated carbocycles. The van der Waals surface area contributed by atoms with E-state index in [-0.39, 0.29) is 30.3 Å². The Labute approximate surface area is 155 Å². The summed E-state index contributed by atoms with van der Waals surface area (Å²) in [5.41, 5.74) is 6.13. The van der Waals surface area contributed by atoms with Gasteiger partial charge in [0.25, 0.3) is 12.6 Å². The summed E-state index contributed by atoms with van der Waals surface area (Å²) in [6.45, 7) is -0.521. The van der Waals surface area contributed by atoms with Crippen molar-refractivity contribution in [2.75, 3.05) is 20.3 Å². The Balaban J connectivity index is 2.09. The third-order valence-electron chi connectivity index (χ3n) is 3.59. The second-order valence-electron chi connectivity index (χ2n) is 5.47. The zero-order valence-corrected chi connectivity index (χ0v) is 14.6. The van der Waals surface area contributed by atoms with Gasteiger partial charge in [-0.05, 0) is 36.4 Å². The summed E-state index contributed by atoms with van der Waals surface area (Å²) in [5.74, 6) is -0.662. The maximum Gasteiger partial charge on any atom is 0.262 e. The number of hydrogen-bond donors (Lipinski definition) is 2. The highest BCUT2D eigenvalue weighted by Crippen LogP contribution is 2.19. The lowest BCUT2D eigenvalue weighted by Crippen LogP contribution is -2.33. The van der Waals surface area contributed by atoms with E-state index >= 15 is 0 Å². The fourth-order valence-corrected chi connectivity index (χ4v) is 2.25. The topological polar surface area (TPSA) is 108 Å². The van der Waals surface area contributed by atoms with Crippen LogP contribution in [-0.2, 0) is 9.47 Å². The van der Waals surface area contributed by atoms with Gasteiger partial charge in [-0.2, -0.15) is 0 Å². The first kappa shape index (κ1) is 20.5. The van der Waals surface area contributed by atoms with Crippen molar-refractivity contribution in [1.29, 1.82) is 0 Å². The summed E-state index contributed by atoms with van der Waals surface area (Å²) in [5, 5.41) is 8.65. The number of carbonyl (C=O) groups is 2. The Morgan fingerprint density at radius 1 is 1.11 bits per heavy atom. The molecular weight excluding hydrogens is 357 g/mol. The molecule has 0 fully saturated rings. The zero-order valence-electron chi connectivity index (χ0n) is 14.6. The van der Waals surface area contributed by atoms with Gasteiger partial charge >= 0.3 is 0 Å². The second-order valence-corrected chi connectivity index (χ2v) is 5.47. The highest BCUT2D eigenvalue weighted by Gasteiger charge is 2.23. The molecule has 2 aromatic carbocycles. The van der Waals surface area contributed by atoms with Crippen LogP contribution in [0.15, 0.2) is 48.5 Å². The fraction of sp³-hybridized carbons (Fsp3) is 0.263. The molecule has 0 heterocycles. The lowest BCUT2D eigenvalue weighted by atomic mass is 10.0. The van der Waals surface area contributed by atoms with Crippen molar-refractivity contribution in [3.8, 4) is 5.75 Å². The Hall–Kier alpha value is -2.81. The number of alkyl halides is 1. The van der Waals surface area contributed by atoms with E-state index < -0.39 is 18.6 Å². The maximum absolute atomic E-state index is 13.8. The molecule has 7 nitrogen and oxygen atoms in total. The van der Waals surface area contributed by atoms with Crippen molar-refractivity contribution in [1.82, 2.24) is 0 Å². The first-order chi connectivity index (χ1) is 13.0. The molecule has 144 valence electrons. The van der Waals surface area contributed by atoms with Gasteiger partial charge in [0.05, 0.1) is 13.2 Å². The smallest absolute Gasteiger partial charge is 0.262 e. The summed E-state index contributed by atoms with van der Waals surface area (Å²) in [4.78, 5) is 23.8. The number of aliphatic hydroxyl groups excluding tert-OH is 1. The minimum atomic E-state index is -1.89. The predicted octanol–water partition coefficient (Wildman–Crippen LogP) is 1.67. The zero-order chi connectivity index (χ0) is 19.8. The molecule has 1 amide bonds. The summed E-state index contributed by atoms with van der Waals surface area (Å²) in [7, 11) is 1.25. The van der Waals surface area contributed by atoms with Gasteiger partial charge in [0.1, 0.15) is 5.75 Å². The van der Waals surface area contributed by atoms with Crippen molar-refractivity contribution < 1.29 is 33.3 Å². The highest BCUT2D eigenvalue weighted by molar-refractivity contribution is 6.10. The third kappa shape index (κ3) is 5.58. The third-order valence-corrected chi connectivity index (χ3v) is 3.59. The number of primary amides is 1. The molecular formula is C19H20FNO6. The number of carbonyl (C=O) groups excluding carboxylic acids is 2. The number of rotatable bonds is 10. The molecule has 0 aliphatic carbocycles.